The van der Waals surface area contributed by atoms with E-state index in [0.29, 0.717) is 5.92 Å². The molecule has 0 aromatic carbocycles. The molecule has 3 aliphatic heterocycles. The molecule has 3 saturated heterocycles. The summed E-state index contributed by atoms with van der Waals surface area (Å²) in [6.07, 6.45) is 5.35. The summed E-state index contributed by atoms with van der Waals surface area (Å²) in [7, 11) is 0. The summed E-state index contributed by atoms with van der Waals surface area (Å²) in [4.78, 5) is 0. The third kappa shape index (κ3) is 2.37. The van der Waals surface area contributed by atoms with E-state index in [1.165, 1.54) is 12.2 Å². The van der Waals surface area contributed by atoms with E-state index < -0.39 is 5.60 Å². The number of rotatable bonds is 1. The second-order valence-electron chi connectivity index (χ2n) is 5.91. The van der Waals surface area contributed by atoms with Gasteiger partial charge in [0.2, 0.25) is 0 Å². The van der Waals surface area contributed by atoms with Crippen LogP contribution in [0.2, 0.25) is 0 Å². The molecule has 3 nitrogen and oxygen atoms in total. The van der Waals surface area contributed by atoms with Crippen LogP contribution in [0.25, 0.3) is 0 Å². The molecule has 3 atom stereocenters. The van der Waals surface area contributed by atoms with Crippen molar-refractivity contribution in [3.63, 3.8) is 0 Å². The molecule has 0 aromatic heterocycles. The molecular weight excluding hydrogens is 234 g/mol. The van der Waals surface area contributed by atoms with Gasteiger partial charge in [0.1, 0.15) is 0 Å². The molecule has 4 heteroatoms. The number of hydrogen-bond donors (Lipinski definition) is 2. The molecule has 17 heavy (non-hydrogen) atoms. The Morgan fingerprint density at radius 2 is 2.29 bits per heavy atom. The van der Waals surface area contributed by atoms with Crippen LogP contribution in [0.3, 0.4) is 0 Å². The normalized spacial score (nSPS) is 47.5. The lowest BCUT2D eigenvalue weighted by Crippen LogP contribution is -2.55. The molecule has 0 radical (unpaired) electrons. The van der Waals surface area contributed by atoms with Crippen molar-refractivity contribution in [1.29, 1.82) is 0 Å². The SMILES string of the molecule is OC1(C2CCOC3(CCSC3)C2)CCCNC1. The summed E-state index contributed by atoms with van der Waals surface area (Å²) in [5.74, 6) is 2.79. The average molecular weight is 257 g/mol. The van der Waals surface area contributed by atoms with E-state index >= 15 is 0 Å². The minimum atomic E-state index is -0.470. The number of aliphatic hydroxyl groups is 1. The van der Waals surface area contributed by atoms with E-state index in [0.717, 1.165) is 51.1 Å². The Morgan fingerprint density at radius 1 is 1.35 bits per heavy atom. The van der Waals surface area contributed by atoms with Gasteiger partial charge in [0, 0.05) is 18.9 Å². The zero-order valence-corrected chi connectivity index (χ0v) is 11.2. The van der Waals surface area contributed by atoms with Gasteiger partial charge in [-0.05, 0) is 50.3 Å². The largest absolute Gasteiger partial charge is 0.388 e. The van der Waals surface area contributed by atoms with Crippen LogP contribution >= 0.6 is 11.8 Å². The lowest BCUT2D eigenvalue weighted by Gasteiger charge is -2.46. The Labute approximate surface area is 108 Å². The predicted molar refractivity (Wildman–Crippen MR) is 70.4 cm³/mol. The third-order valence-corrected chi connectivity index (χ3v) is 5.94. The van der Waals surface area contributed by atoms with Crippen LogP contribution in [0.5, 0.6) is 0 Å². The fourth-order valence-electron chi connectivity index (χ4n) is 3.61. The first-order chi connectivity index (χ1) is 8.23. The highest BCUT2D eigenvalue weighted by atomic mass is 32.2. The fourth-order valence-corrected chi connectivity index (χ4v) is 4.99. The van der Waals surface area contributed by atoms with Gasteiger partial charge in [0.15, 0.2) is 0 Å². The first kappa shape index (κ1) is 12.3. The van der Waals surface area contributed by atoms with Crippen molar-refractivity contribution in [2.45, 2.75) is 43.3 Å². The van der Waals surface area contributed by atoms with Crippen molar-refractivity contribution in [3.8, 4) is 0 Å². The molecule has 3 heterocycles. The van der Waals surface area contributed by atoms with Crippen molar-refractivity contribution in [2.24, 2.45) is 5.92 Å². The molecule has 2 N–H and O–H groups in total. The van der Waals surface area contributed by atoms with E-state index in [9.17, 15) is 5.11 Å². The standard InChI is InChI=1S/C13H23NO2S/c15-13(3-1-5-14-9-13)11-2-6-16-12(8-11)4-7-17-10-12/h11,14-15H,1-10H2. The van der Waals surface area contributed by atoms with Gasteiger partial charge in [-0.15, -0.1) is 0 Å². The summed E-state index contributed by atoms with van der Waals surface area (Å²) in [6.45, 7) is 2.68. The van der Waals surface area contributed by atoms with Gasteiger partial charge < -0.3 is 15.2 Å². The number of ether oxygens (including phenoxy) is 1. The molecule has 3 unspecified atom stereocenters. The second kappa shape index (κ2) is 4.72. The van der Waals surface area contributed by atoms with Gasteiger partial charge in [-0.3, -0.25) is 0 Å². The smallest absolute Gasteiger partial charge is 0.0801 e. The molecule has 3 fully saturated rings. The molecule has 0 aromatic rings. The maximum Gasteiger partial charge on any atom is 0.0801 e. The van der Waals surface area contributed by atoms with Crippen LogP contribution in [0, 0.1) is 5.92 Å². The van der Waals surface area contributed by atoms with Crippen molar-refractivity contribution in [3.05, 3.63) is 0 Å². The number of piperidine rings is 1. The summed E-state index contributed by atoms with van der Waals surface area (Å²) >= 11 is 2.00. The average Bonchev–Trinajstić information content (AvgIpc) is 2.78. The summed E-state index contributed by atoms with van der Waals surface area (Å²) in [5, 5.41) is 14.2. The second-order valence-corrected chi connectivity index (χ2v) is 7.01. The van der Waals surface area contributed by atoms with E-state index in [-0.39, 0.29) is 5.60 Å². The van der Waals surface area contributed by atoms with Gasteiger partial charge in [-0.25, -0.2) is 0 Å². The monoisotopic (exact) mass is 257 g/mol. The minimum Gasteiger partial charge on any atom is -0.388 e. The highest BCUT2D eigenvalue weighted by molar-refractivity contribution is 7.99. The Morgan fingerprint density at radius 3 is 3.00 bits per heavy atom. The maximum atomic E-state index is 10.8. The Hall–Kier alpha value is 0.230. The fraction of sp³-hybridized carbons (Fsp3) is 1.00. The number of nitrogens with one attached hydrogen (secondary N) is 1. The van der Waals surface area contributed by atoms with E-state index in [1.54, 1.807) is 0 Å². The molecule has 3 rings (SSSR count). The van der Waals surface area contributed by atoms with Gasteiger partial charge in [0.25, 0.3) is 0 Å². The van der Waals surface area contributed by atoms with Crippen molar-refractivity contribution in [2.75, 3.05) is 31.2 Å². The minimum absolute atomic E-state index is 0.0980. The van der Waals surface area contributed by atoms with Crippen LogP contribution in [-0.4, -0.2) is 47.5 Å². The van der Waals surface area contributed by atoms with Gasteiger partial charge >= 0.3 is 0 Å². The third-order valence-electron chi connectivity index (χ3n) is 4.71. The number of hydrogen-bond acceptors (Lipinski definition) is 4. The van der Waals surface area contributed by atoms with Crippen LogP contribution in [0.4, 0.5) is 0 Å². The van der Waals surface area contributed by atoms with E-state index in [1.807, 2.05) is 11.8 Å². The maximum absolute atomic E-state index is 10.8. The molecule has 0 aliphatic carbocycles. The van der Waals surface area contributed by atoms with Gasteiger partial charge in [-0.2, -0.15) is 11.8 Å². The van der Waals surface area contributed by atoms with E-state index in [2.05, 4.69) is 5.32 Å². The topological polar surface area (TPSA) is 41.5 Å². The Balaban J connectivity index is 1.70. The number of thioether (sulfide) groups is 1. The Kier molecular flexibility index (Phi) is 3.41. The quantitative estimate of drug-likeness (QED) is 0.745. The first-order valence-electron chi connectivity index (χ1n) is 6.87. The molecule has 0 amide bonds. The van der Waals surface area contributed by atoms with E-state index in [4.69, 9.17) is 4.74 Å². The molecule has 98 valence electrons. The molecule has 0 bridgehead atoms. The Bertz CT molecular complexity index is 273. The van der Waals surface area contributed by atoms with Gasteiger partial charge in [0.05, 0.1) is 11.2 Å². The predicted octanol–water partition coefficient (Wildman–Crippen LogP) is 1.40. The molecule has 0 saturated carbocycles. The van der Waals surface area contributed by atoms with Crippen molar-refractivity contribution in [1.82, 2.24) is 5.32 Å². The van der Waals surface area contributed by atoms with Crippen molar-refractivity contribution >= 4 is 11.8 Å². The summed E-state index contributed by atoms with van der Waals surface area (Å²) in [6, 6.07) is 0. The van der Waals surface area contributed by atoms with Crippen LogP contribution in [0.15, 0.2) is 0 Å². The first-order valence-corrected chi connectivity index (χ1v) is 8.03. The molecular formula is C13H23NO2S. The van der Waals surface area contributed by atoms with Crippen LogP contribution in [-0.2, 0) is 4.74 Å². The van der Waals surface area contributed by atoms with Crippen LogP contribution < -0.4 is 5.32 Å². The highest BCUT2D eigenvalue weighted by Gasteiger charge is 2.47. The summed E-state index contributed by atoms with van der Waals surface area (Å²) in [5.41, 5.74) is -0.372. The lowest BCUT2D eigenvalue weighted by atomic mass is 9.72. The van der Waals surface area contributed by atoms with Crippen LogP contribution in [0.1, 0.15) is 32.1 Å². The summed E-state index contributed by atoms with van der Waals surface area (Å²) < 4.78 is 6.04. The molecule has 3 aliphatic rings. The zero-order chi connectivity index (χ0) is 11.8. The van der Waals surface area contributed by atoms with Gasteiger partial charge in [-0.1, -0.05) is 0 Å². The molecule has 1 spiro atoms. The number of β-amino-alcohol motifs (C(OH)–C–C–N with tert-alkyl or cyclic N) is 1. The lowest BCUT2D eigenvalue weighted by molar-refractivity contribution is -0.137. The van der Waals surface area contributed by atoms with Crippen molar-refractivity contribution < 1.29 is 9.84 Å². The highest BCUT2D eigenvalue weighted by Crippen LogP contribution is 2.44. The zero-order valence-electron chi connectivity index (χ0n) is 10.4.